The highest BCUT2D eigenvalue weighted by molar-refractivity contribution is 7.17. The summed E-state index contributed by atoms with van der Waals surface area (Å²) >= 11 is 1.56. The number of guanidine groups is 2. The Hall–Kier alpha value is -3.59. The molecule has 2 aliphatic rings. The first-order valence-corrected chi connectivity index (χ1v) is 11.3. The number of nitrogens with zero attached hydrogens (tertiary/aromatic N) is 2. The first-order chi connectivity index (χ1) is 15.4. The lowest BCUT2D eigenvalue weighted by Gasteiger charge is -2.26. The van der Waals surface area contributed by atoms with Gasteiger partial charge in [0.1, 0.15) is 0 Å². The number of carbonyl (C=O) groups is 1. The fourth-order valence-corrected chi connectivity index (χ4v) is 4.83. The van der Waals surface area contributed by atoms with Crippen molar-refractivity contribution in [3.8, 4) is 0 Å². The highest BCUT2D eigenvalue weighted by Gasteiger charge is 2.17. The van der Waals surface area contributed by atoms with Crippen molar-refractivity contribution in [1.29, 1.82) is 10.8 Å². The van der Waals surface area contributed by atoms with E-state index in [1.54, 1.807) is 11.3 Å². The molecule has 0 bridgehead atoms. The summed E-state index contributed by atoms with van der Waals surface area (Å²) in [5.74, 6) is 0.0656. The molecule has 0 radical (unpaired) electrons. The zero-order valence-electron chi connectivity index (χ0n) is 17.7. The molecule has 0 saturated carbocycles. The minimum absolute atomic E-state index is 0.0989. The lowest BCUT2D eigenvalue weighted by Crippen LogP contribution is -2.39. The van der Waals surface area contributed by atoms with Crippen LogP contribution in [0.2, 0.25) is 0 Å². The van der Waals surface area contributed by atoms with Crippen molar-refractivity contribution in [3.05, 3.63) is 64.6 Å². The van der Waals surface area contributed by atoms with Gasteiger partial charge in [0.05, 0.1) is 5.00 Å². The summed E-state index contributed by atoms with van der Waals surface area (Å²) < 4.78 is 0. The van der Waals surface area contributed by atoms with Crippen LogP contribution in [0.3, 0.4) is 0 Å². The minimum atomic E-state index is -0.134. The molecular formula is C23H27N7OS. The van der Waals surface area contributed by atoms with Gasteiger partial charge in [-0.15, -0.1) is 11.3 Å². The van der Waals surface area contributed by atoms with Crippen molar-refractivity contribution in [2.24, 2.45) is 11.5 Å². The van der Waals surface area contributed by atoms with Crippen LogP contribution < -0.4 is 16.8 Å². The Bertz CT molecular complexity index is 1100. The van der Waals surface area contributed by atoms with E-state index in [9.17, 15) is 4.79 Å². The average molecular weight is 450 g/mol. The molecule has 9 heteroatoms. The first kappa shape index (κ1) is 21.6. The molecule has 166 valence electrons. The van der Waals surface area contributed by atoms with E-state index in [1.807, 2.05) is 46.2 Å². The van der Waals surface area contributed by atoms with Crippen LogP contribution in [0.5, 0.6) is 0 Å². The van der Waals surface area contributed by atoms with Crippen LogP contribution in [0.25, 0.3) is 11.1 Å². The van der Waals surface area contributed by atoms with E-state index in [4.69, 9.17) is 22.3 Å². The largest absolute Gasteiger partial charge is 0.370 e. The van der Waals surface area contributed by atoms with Gasteiger partial charge in [0.2, 0.25) is 0 Å². The first-order valence-electron chi connectivity index (χ1n) is 10.5. The summed E-state index contributed by atoms with van der Waals surface area (Å²) in [6.45, 7) is 2.74. The Kier molecular flexibility index (Phi) is 6.27. The van der Waals surface area contributed by atoms with Gasteiger partial charge in [-0.3, -0.25) is 15.6 Å². The molecule has 0 aliphatic carbocycles. The summed E-state index contributed by atoms with van der Waals surface area (Å²) in [4.78, 5) is 17.5. The number of anilines is 1. The van der Waals surface area contributed by atoms with Crippen LogP contribution in [-0.2, 0) is 0 Å². The SMILES string of the molecule is N=C(N)N1CC=C(c2ccc(C(=O)Nc3ccc(C4=CCN(C(=N)N)CC4)s3)cc2)CC1. The van der Waals surface area contributed by atoms with Crippen LogP contribution >= 0.6 is 11.3 Å². The van der Waals surface area contributed by atoms with E-state index in [0.29, 0.717) is 18.7 Å². The minimum Gasteiger partial charge on any atom is -0.370 e. The average Bonchev–Trinajstić information content (AvgIpc) is 3.27. The Morgan fingerprint density at radius 1 is 0.875 bits per heavy atom. The molecule has 2 aromatic rings. The topological polar surface area (TPSA) is 135 Å². The molecule has 0 fully saturated rings. The van der Waals surface area contributed by atoms with Crippen molar-refractivity contribution in [2.45, 2.75) is 12.8 Å². The van der Waals surface area contributed by atoms with Crippen LogP contribution in [0, 0.1) is 10.8 Å². The second-order valence-electron chi connectivity index (χ2n) is 7.82. The Balaban J connectivity index is 1.37. The van der Waals surface area contributed by atoms with E-state index >= 15 is 0 Å². The van der Waals surface area contributed by atoms with E-state index in [1.165, 1.54) is 11.1 Å². The van der Waals surface area contributed by atoms with Crippen molar-refractivity contribution < 1.29 is 4.79 Å². The molecule has 1 aromatic heterocycles. The van der Waals surface area contributed by atoms with Gasteiger partial charge >= 0.3 is 0 Å². The van der Waals surface area contributed by atoms with Gasteiger partial charge in [-0.25, -0.2) is 0 Å². The number of carbonyl (C=O) groups excluding carboxylic acids is 1. The predicted molar refractivity (Wildman–Crippen MR) is 131 cm³/mol. The third-order valence-corrected chi connectivity index (χ3v) is 6.85. The molecule has 0 saturated heterocycles. The number of hydrogen-bond donors (Lipinski definition) is 5. The molecule has 7 N–H and O–H groups in total. The number of thiophene rings is 1. The second-order valence-corrected chi connectivity index (χ2v) is 8.90. The number of rotatable bonds is 4. The quantitative estimate of drug-likeness (QED) is 0.361. The maximum absolute atomic E-state index is 12.7. The fourth-order valence-electron chi connectivity index (χ4n) is 3.86. The number of nitrogens with two attached hydrogens (primary N) is 2. The zero-order valence-corrected chi connectivity index (χ0v) is 18.5. The molecule has 1 aromatic carbocycles. The maximum Gasteiger partial charge on any atom is 0.256 e. The van der Waals surface area contributed by atoms with Gasteiger partial charge in [-0.05, 0) is 53.8 Å². The second kappa shape index (κ2) is 9.27. The number of nitrogens with one attached hydrogen (secondary N) is 3. The summed E-state index contributed by atoms with van der Waals surface area (Å²) in [5.41, 5.74) is 15.2. The van der Waals surface area contributed by atoms with Crippen molar-refractivity contribution in [1.82, 2.24) is 9.80 Å². The lowest BCUT2D eigenvalue weighted by molar-refractivity contribution is 0.102. The zero-order chi connectivity index (χ0) is 22.7. The molecule has 0 atom stereocenters. The van der Waals surface area contributed by atoms with Crippen molar-refractivity contribution >= 4 is 45.3 Å². The monoisotopic (exact) mass is 449 g/mol. The molecule has 4 rings (SSSR count). The molecule has 0 unspecified atom stereocenters. The third kappa shape index (κ3) is 4.83. The van der Waals surface area contributed by atoms with E-state index in [0.717, 1.165) is 41.4 Å². The molecule has 0 spiro atoms. The van der Waals surface area contributed by atoms with E-state index < -0.39 is 0 Å². The third-order valence-electron chi connectivity index (χ3n) is 5.78. The highest BCUT2D eigenvalue weighted by atomic mass is 32.1. The summed E-state index contributed by atoms with van der Waals surface area (Å²) in [6.07, 6.45) is 5.83. The van der Waals surface area contributed by atoms with Gasteiger partial charge in [0, 0.05) is 36.6 Å². The van der Waals surface area contributed by atoms with Gasteiger partial charge in [0.25, 0.3) is 5.91 Å². The van der Waals surface area contributed by atoms with Crippen LogP contribution in [0.15, 0.2) is 48.6 Å². The Labute approximate surface area is 191 Å². The van der Waals surface area contributed by atoms with Gasteiger partial charge < -0.3 is 26.6 Å². The number of benzene rings is 1. The van der Waals surface area contributed by atoms with Crippen LogP contribution in [-0.4, -0.2) is 53.8 Å². The predicted octanol–water partition coefficient (Wildman–Crippen LogP) is 2.97. The standard InChI is InChI=1S/C23H27N7OS/c24-22(25)29-11-7-16(8-12-29)15-1-3-18(4-2-15)21(31)28-20-6-5-19(32-20)17-9-13-30(14-10-17)23(26)27/h1-7,9H,8,10-14H2,(H3,24,25)(H3,26,27)(H,28,31). The summed E-state index contributed by atoms with van der Waals surface area (Å²) in [7, 11) is 0. The summed E-state index contributed by atoms with van der Waals surface area (Å²) in [5, 5.41) is 18.9. The van der Waals surface area contributed by atoms with E-state index in [-0.39, 0.29) is 17.8 Å². The number of hydrogen-bond acceptors (Lipinski definition) is 4. The normalized spacial score (nSPS) is 16.2. The van der Waals surface area contributed by atoms with Gasteiger partial charge in [-0.1, -0.05) is 24.3 Å². The Morgan fingerprint density at radius 3 is 2.00 bits per heavy atom. The van der Waals surface area contributed by atoms with E-state index in [2.05, 4.69) is 17.5 Å². The maximum atomic E-state index is 12.7. The van der Waals surface area contributed by atoms with Crippen molar-refractivity contribution in [3.63, 3.8) is 0 Å². The Morgan fingerprint density at radius 2 is 1.47 bits per heavy atom. The number of amides is 1. The molecule has 32 heavy (non-hydrogen) atoms. The molecule has 8 nitrogen and oxygen atoms in total. The smallest absolute Gasteiger partial charge is 0.256 e. The lowest BCUT2D eigenvalue weighted by atomic mass is 9.98. The molecule has 3 heterocycles. The molecular weight excluding hydrogens is 422 g/mol. The van der Waals surface area contributed by atoms with Crippen LogP contribution in [0.1, 0.15) is 33.6 Å². The molecule has 2 aliphatic heterocycles. The van der Waals surface area contributed by atoms with Crippen molar-refractivity contribution in [2.75, 3.05) is 31.5 Å². The van der Waals surface area contributed by atoms with Gasteiger partial charge in [-0.2, -0.15) is 0 Å². The summed E-state index contributed by atoms with van der Waals surface area (Å²) in [6, 6.07) is 11.6. The van der Waals surface area contributed by atoms with Gasteiger partial charge in [0.15, 0.2) is 11.9 Å². The van der Waals surface area contributed by atoms with Crippen LogP contribution in [0.4, 0.5) is 5.00 Å². The molecule has 1 amide bonds. The fraction of sp³-hybridized carbons (Fsp3) is 0.261. The highest BCUT2D eigenvalue weighted by Crippen LogP contribution is 2.32.